The summed E-state index contributed by atoms with van der Waals surface area (Å²) in [5.74, 6) is -3.03. The summed E-state index contributed by atoms with van der Waals surface area (Å²) in [6.07, 6.45) is 0.928. The van der Waals surface area contributed by atoms with Crippen molar-refractivity contribution in [3.63, 3.8) is 0 Å². The van der Waals surface area contributed by atoms with Crippen molar-refractivity contribution in [2.45, 2.75) is 19.3 Å². The Kier molecular flexibility index (Phi) is 3.31. The van der Waals surface area contributed by atoms with Crippen molar-refractivity contribution in [1.29, 1.82) is 0 Å². The third-order valence-corrected chi connectivity index (χ3v) is 1.99. The van der Waals surface area contributed by atoms with E-state index >= 15 is 0 Å². The van der Waals surface area contributed by atoms with Crippen LogP contribution in [0.1, 0.15) is 19.3 Å². The number of carboxylic acids is 2. The third kappa shape index (κ3) is 1.48. The van der Waals surface area contributed by atoms with Crippen LogP contribution in [0.5, 0.6) is 0 Å². The number of rotatable bonds is 2. The Morgan fingerprint density at radius 2 is 1.45 bits per heavy atom. The van der Waals surface area contributed by atoms with E-state index < -0.39 is 17.4 Å². The standard InChI is InChI=1S/C6H8O4.Mg/c7-4(8)6(5(9)10)2-1-3-6;/h1-3H2,(H,7,8)(H,9,10);/q;+2/p-2. The first-order valence-corrected chi connectivity index (χ1v) is 3.02. The van der Waals surface area contributed by atoms with E-state index in [0.717, 1.165) is 0 Å². The smallest absolute Gasteiger partial charge is 0.549 e. The summed E-state index contributed by atoms with van der Waals surface area (Å²) in [6, 6.07) is 0. The minimum atomic E-state index is -1.67. The van der Waals surface area contributed by atoms with Gasteiger partial charge in [0.15, 0.2) is 0 Å². The van der Waals surface area contributed by atoms with Gasteiger partial charge >= 0.3 is 23.1 Å². The fraction of sp³-hybridized carbons (Fsp3) is 0.667. The van der Waals surface area contributed by atoms with Gasteiger partial charge in [0.2, 0.25) is 0 Å². The van der Waals surface area contributed by atoms with E-state index in [0.29, 0.717) is 6.42 Å². The minimum Gasteiger partial charge on any atom is -0.549 e. The number of hydrogen-bond donors (Lipinski definition) is 0. The molecule has 0 bridgehead atoms. The molecule has 56 valence electrons. The molecular weight excluding hydrogens is 160 g/mol. The molecule has 11 heavy (non-hydrogen) atoms. The van der Waals surface area contributed by atoms with Gasteiger partial charge in [-0.15, -0.1) is 0 Å². The van der Waals surface area contributed by atoms with Crippen LogP contribution < -0.4 is 10.2 Å². The van der Waals surface area contributed by atoms with Gasteiger partial charge in [0.25, 0.3) is 0 Å². The van der Waals surface area contributed by atoms with Crippen molar-refractivity contribution < 1.29 is 19.8 Å². The quantitative estimate of drug-likeness (QED) is 0.330. The van der Waals surface area contributed by atoms with Gasteiger partial charge in [-0.25, -0.2) is 0 Å². The molecule has 1 fully saturated rings. The second-order valence-electron chi connectivity index (χ2n) is 2.51. The maximum atomic E-state index is 10.2. The van der Waals surface area contributed by atoms with E-state index in [9.17, 15) is 19.8 Å². The van der Waals surface area contributed by atoms with Crippen molar-refractivity contribution in [1.82, 2.24) is 0 Å². The Morgan fingerprint density at radius 1 is 1.09 bits per heavy atom. The van der Waals surface area contributed by atoms with Gasteiger partial charge in [0.05, 0.1) is 11.9 Å². The fourth-order valence-corrected chi connectivity index (χ4v) is 1.02. The molecule has 0 N–H and O–H groups in total. The predicted molar refractivity (Wildman–Crippen MR) is 32.1 cm³/mol. The van der Waals surface area contributed by atoms with E-state index in [1.165, 1.54) is 0 Å². The average Bonchev–Trinajstić information content (AvgIpc) is 1.57. The Bertz CT molecular complexity index is 169. The zero-order chi connectivity index (χ0) is 7.78. The average molecular weight is 166 g/mol. The van der Waals surface area contributed by atoms with Crippen LogP contribution in [-0.2, 0) is 9.59 Å². The van der Waals surface area contributed by atoms with Crippen molar-refractivity contribution in [2.75, 3.05) is 0 Å². The Labute approximate surface area is 79.7 Å². The zero-order valence-corrected chi connectivity index (χ0v) is 7.38. The van der Waals surface area contributed by atoms with Crippen LogP contribution in [0.2, 0.25) is 0 Å². The third-order valence-electron chi connectivity index (χ3n) is 1.99. The van der Waals surface area contributed by atoms with Gasteiger partial charge in [-0.05, 0) is 12.8 Å². The Hall–Kier alpha value is -0.294. The monoisotopic (exact) mass is 166 g/mol. The van der Waals surface area contributed by atoms with E-state index in [1.54, 1.807) is 0 Å². The van der Waals surface area contributed by atoms with Crippen LogP contribution in [0.15, 0.2) is 0 Å². The minimum absolute atomic E-state index is 0. The molecular formula is C6H6MgO4. The molecule has 0 saturated heterocycles. The summed E-state index contributed by atoms with van der Waals surface area (Å²) in [7, 11) is 0. The summed E-state index contributed by atoms with van der Waals surface area (Å²) in [6.45, 7) is 0. The van der Waals surface area contributed by atoms with Gasteiger partial charge in [-0.1, -0.05) is 6.42 Å². The summed E-state index contributed by atoms with van der Waals surface area (Å²) in [5.41, 5.74) is -1.67. The maximum Gasteiger partial charge on any atom is 2.00 e. The molecule has 0 aliphatic heterocycles. The van der Waals surface area contributed by atoms with Crippen LogP contribution in [0, 0.1) is 5.41 Å². The van der Waals surface area contributed by atoms with Crippen molar-refractivity contribution >= 4 is 35.0 Å². The van der Waals surface area contributed by atoms with E-state index in [2.05, 4.69) is 0 Å². The molecule has 0 aromatic carbocycles. The number of carbonyl (C=O) groups excluding carboxylic acids is 2. The molecule has 0 unspecified atom stereocenters. The largest absolute Gasteiger partial charge is 2.00 e. The van der Waals surface area contributed by atoms with Gasteiger partial charge in [-0.3, -0.25) is 0 Å². The molecule has 0 radical (unpaired) electrons. The molecule has 1 aliphatic rings. The molecule has 0 aromatic heterocycles. The van der Waals surface area contributed by atoms with Crippen molar-refractivity contribution in [3.05, 3.63) is 0 Å². The van der Waals surface area contributed by atoms with Gasteiger partial charge < -0.3 is 19.8 Å². The Balaban J connectivity index is 0.000001000. The molecule has 5 heteroatoms. The fourth-order valence-electron chi connectivity index (χ4n) is 1.02. The number of hydrogen-bond acceptors (Lipinski definition) is 4. The second kappa shape index (κ2) is 3.40. The van der Waals surface area contributed by atoms with E-state index in [4.69, 9.17) is 0 Å². The van der Waals surface area contributed by atoms with Crippen LogP contribution in [0.3, 0.4) is 0 Å². The molecule has 0 aromatic rings. The predicted octanol–water partition coefficient (Wildman–Crippen LogP) is -2.72. The van der Waals surface area contributed by atoms with Gasteiger partial charge in [0.1, 0.15) is 0 Å². The van der Waals surface area contributed by atoms with Crippen LogP contribution >= 0.6 is 0 Å². The molecule has 0 heterocycles. The van der Waals surface area contributed by atoms with Crippen LogP contribution in [0.25, 0.3) is 0 Å². The summed E-state index contributed by atoms with van der Waals surface area (Å²) in [4.78, 5) is 20.4. The summed E-state index contributed by atoms with van der Waals surface area (Å²) >= 11 is 0. The van der Waals surface area contributed by atoms with Crippen LogP contribution in [-0.4, -0.2) is 35.0 Å². The molecule has 0 amide bonds. The van der Waals surface area contributed by atoms with E-state index in [1.807, 2.05) is 0 Å². The van der Waals surface area contributed by atoms with Crippen molar-refractivity contribution in [2.24, 2.45) is 5.41 Å². The number of carboxylic acid groups (broad SMARTS) is 2. The number of aliphatic carboxylic acids is 2. The molecule has 1 rings (SSSR count). The first-order valence-electron chi connectivity index (χ1n) is 3.02. The van der Waals surface area contributed by atoms with Gasteiger partial charge in [-0.2, -0.15) is 0 Å². The first-order chi connectivity index (χ1) is 4.59. The first kappa shape index (κ1) is 10.7. The van der Waals surface area contributed by atoms with Crippen molar-refractivity contribution in [3.8, 4) is 0 Å². The molecule has 1 aliphatic carbocycles. The summed E-state index contributed by atoms with van der Waals surface area (Å²) < 4.78 is 0. The molecule has 1 saturated carbocycles. The van der Waals surface area contributed by atoms with E-state index in [-0.39, 0.29) is 35.9 Å². The molecule has 0 atom stereocenters. The van der Waals surface area contributed by atoms with Gasteiger partial charge in [0, 0.05) is 5.41 Å². The topological polar surface area (TPSA) is 80.3 Å². The Morgan fingerprint density at radius 3 is 1.45 bits per heavy atom. The second-order valence-corrected chi connectivity index (χ2v) is 2.51. The SMILES string of the molecule is O=C([O-])C1(C(=O)[O-])CCC1.[Mg+2]. The zero-order valence-electron chi connectivity index (χ0n) is 5.96. The summed E-state index contributed by atoms with van der Waals surface area (Å²) in [5, 5.41) is 20.4. The molecule has 4 nitrogen and oxygen atoms in total. The maximum absolute atomic E-state index is 10.2. The molecule has 0 spiro atoms. The normalized spacial score (nSPS) is 19.3. The number of carbonyl (C=O) groups is 2. The van der Waals surface area contributed by atoms with Crippen LogP contribution in [0.4, 0.5) is 0 Å².